The first kappa shape index (κ1) is 13.9. The van der Waals surface area contributed by atoms with Gasteiger partial charge in [0.2, 0.25) is 0 Å². The van der Waals surface area contributed by atoms with Crippen LogP contribution in [-0.4, -0.2) is 11.2 Å². The SMILES string of the molecule is CCC1(OC23CCCC(CC(C)(C)C2)C3)CCCC1. The largest absolute Gasteiger partial charge is 0.369 e. The summed E-state index contributed by atoms with van der Waals surface area (Å²) < 4.78 is 6.98. The zero-order valence-electron chi connectivity index (χ0n) is 13.3. The monoisotopic (exact) mass is 264 g/mol. The van der Waals surface area contributed by atoms with Crippen LogP contribution in [0.25, 0.3) is 0 Å². The molecule has 0 amide bonds. The molecule has 110 valence electrons. The fourth-order valence-electron chi connectivity index (χ4n) is 5.64. The molecule has 0 N–H and O–H groups in total. The highest BCUT2D eigenvalue weighted by atomic mass is 16.5. The van der Waals surface area contributed by atoms with Crippen molar-refractivity contribution in [2.24, 2.45) is 11.3 Å². The molecule has 3 saturated carbocycles. The molecule has 0 aromatic rings. The molecule has 0 heterocycles. The Kier molecular flexibility index (Phi) is 3.48. The molecular weight excluding hydrogens is 232 g/mol. The lowest BCUT2D eigenvalue weighted by molar-refractivity contribution is -0.207. The average molecular weight is 264 g/mol. The van der Waals surface area contributed by atoms with E-state index in [2.05, 4.69) is 20.8 Å². The van der Waals surface area contributed by atoms with Gasteiger partial charge in [-0.1, -0.05) is 46.5 Å². The van der Waals surface area contributed by atoms with E-state index in [1.54, 1.807) is 0 Å². The molecule has 0 aromatic carbocycles. The van der Waals surface area contributed by atoms with Gasteiger partial charge in [-0.15, -0.1) is 0 Å². The average Bonchev–Trinajstić information content (AvgIpc) is 2.75. The van der Waals surface area contributed by atoms with Crippen molar-refractivity contribution in [1.29, 1.82) is 0 Å². The van der Waals surface area contributed by atoms with Crippen LogP contribution in [0.5, 0.6) is 0 Å². The van der Waals surface area contributed by atoms with Gasteiger partial charge in [0.15, 0.2) is 0 Å². The predicted octanol–water partition coefficient (Wildman–Crippen LogP) is 5.47. The summed E-state index contributed by atoms with van der Waals surface area (Å²) in [6.07, 6.45) is 14.9. The van der Waals surface area contributed by atoms with Crippen molar-refractivity contribution in [3.05, 3.63) is 0 Å². The Balaban J connectivity index is 1.80. The number of hydrogen-bond donors (Lipinski definition) is 0. The number of ether oxygens (including phenoxy) is 1. The quantitative estimate of drug-likeness (QED) is 0.656. The molecule has 1 nitrogen and oxygen atoms in total. The molecule has 0 saturated heterocycles. The molecule has 3 aliphatic carbocycles. The van der Waals surface area contributed by atoms with Gasteiger partial charge in [0, 0.05) is 0 Å². The summed E-state index contributed by atoms with van der Waals surface area (Å²) in [5.41, 5.74) is 0.983. The maximum Gasteiger partial charge on any atom is 0.0697 e. The van der Waals surface area contributed by atoms with E-state index < -0.39 is 0 Å². The first-order chi connectivity index (χ1) is 8.97. The van der Waals surface area contributed by atoms with Gasteiger partial charge in [0.1, 0.15) is 0 Å². The van der Waals surface area contributed by atoms with E-state index in [1.165, 1.54) is 70.6 Å². The summed E-state index contributed by atoms with van der Waals surface area (Å²) in [7, 11) is 0. The van der Waals surface area contributed by atoms with E-state index in [9.17, 15) is 0 Å². The maximum atomic E-state index is 6.98. The third kappa shape index (κ3) is 2.73. The van der Waals surface area contributed by atoms with Crippen molar-refractivity contribution in [1.82, 2.24) is 0 Å². The molecule has 3 aliphatic rings. The van der Waals surface area contributed by atoms with Gasteiger partial charge in [-0.25, -0.2) is 0 Å². The van der Waals surface area contributed by atoms with Crippen molar-refractivity contribution in [3.63, 3.8) is 0 Å². The first-order valence-corrected chi connectivity index (χ1v) is 8.67. The van der Waals surface area contributed by atoms with Gasteiger partial charge in [-0.05, 0) is 56.3 Å². The lowest BCUT2D eigenvalue weighted by Crippen LogP contribution is -2.51. The number of fused-ring (bicyclic) bond motifs is 2. The second-order valence-electron chi connectivity index (χ2n) is 8.54. The molecule has 2 bridgehead atoms. The Morgan fingerprint density at radius 1 is 1.00 bits per heavy atom. The molecule has 0 radical (unpaired) electrons. The summed E-state index contributed by atoms with van der Waals surface area (Å²) >= 11 is 0. The van der Waals surface area contributed by atoms with Gasteiger partial charge >= 0.3 is 0 Å². The third-order valence-corrected chi connectivity index (χ3v) is 6.14. The predicted molar refractivity (Wildman–Crippen MR) is 80.3 cm³/mol. The summed E-state index contributed by atoms with van der Waals surface area (Å²) in [5.74, 6) is 0.938. The summed E-state index contributed by atoms with van der Waals surface area (Å²) in [5, 5.41) is 0. The second-order valence-corrected chi connectivity index (χ2v) is 8.54. The molecule has 0 spiro atoms. The lowest BCUT2D eigenvalue weighted by Gasteiger charge is -2.54. The molecular formula is C18H32O. The topological polar surface area (TPSA) is 9.23 Å². The Hall–Kier alpha value is -0.0400. The molecule has 3 rings (SSSR count). The number of hydrogen-bond acceptors (Lipinski definition) is 1. The molecule has 19 heavy (non-hydrogen) atoms. The first-order valence-electron chi connectivity index (χ1n) is 8.67. The van der Waals surface area contributed by atoms with E-state index in [4.69, 9.17) is 4.74 Å². The lowest BCUT2D eigenvalue weighted by atomic mass is 9.60. The van der Waals surface area contributed by atoms with Crippen molar-refractivity contribution >= 4 is 0 Å². The summed E-state index contributed by atoms with van der Waals surface area (Å²) in [4.78, 5) is 0. The van der Waals surface area contributed by atoms with Gasteiger partial charge in [0.05, 0.1) is 11.2 Å². The van der Waals surface area contributed by atoms with Crippen LogP contribution in [0.2, 0.25) is 0 Å². The highest BCUT2D eigenvalue weighted by molar-refractivity contribution is 5.01. The van der Waals surface area contributed by atoms with Crippen LogP contribution in [-0.2, 0) is 4.74 Å². The second kappa shape index (κ2) is 4.76. The van der Waals surface area contributed by atoms with Crippen LogP contribution < -0.4 is 0 Å². The Labute approximate surface area is 119 Å². The van der Waals surface area contributed by atoms with Crippen molar-refractivity contribution in [3.8, 4) is 0 Å². The van der Waals surface area contributed by atoms with E-state index >= 15 is 0 Å². The highest BCUT2D eigenvalue weighted by Crippen LogP contribution is 2.55. The minimum Gasteiger partial charge on any atom is -0.369 e. The molecule has 1 heteroatoms. The van der Waals surface area contributed by atoms with E-state index in [-0.39, 0.29) is 11.2 Å². The van der Waals surface area contributed by atoms with E-state index in [0.717, 1.165) is 5.92 Å². The van der Waals surface area contributed by atoms with Crippen molar-refractivity contribution in [2.45, 2.75) is 103 Å². The fraction of sp³-hybridized carbons (Fsp3) is 1.00. The molecule has 2 unspecified atom stereocenters. The third-order valence-electron chi connectivity index (χ3n) is 6.14. The van der Waals surface area contributed by atoms with Crippen molar-refractivity contribution in [2.75, 3.05) is 0 Å². The molecule has 0 aromatic heterocycles. The van der Waals surface area contributed by atoms with Crippen molar-refractivity contribution < 1.29 is 4.74 Å². The van der Waals surface area contributed by atoms with Crippen LogP contribution >= 0.6 is 0 Å². The molecule has 0 aliphatic heterocycles. The van der Waals surface area contributed by atoms with Gasteiger partial charge in [0.25, 0.3) is 0 Å². The Morgan fingerprint density at radius 2 is 1.74 bits per heavy atom. The summed E-state index contributed by atoms with van der Waals surface area (Å²) in [6, 6.07) is 0. The molecule has 3 fully saturated rings. The van der Waals surface area contributed by atoms with E-state index in [0.29, 0.717) is 5.41 Å². The van der Waals surface area contributed by atoms with E-state index in [1.807, 2.05) is 0 Å². The van der Waals surface area contributed by atoms with Crippen LogP contribution in [0.15, 0.2) is 0 Å². The van der Waals surface area contributed by atoms with Gasteiger partial charge in [-0.2, -0.15) is 0 Å². The minimum atomic E-state index is 0.241. The highest BCUT2D eigenvalue weighted by Gasteiger charge is 2.50. The van der Waals surface area contributed by atoms with Gasteiger partial charge < -0.3 is 4.74 Å². The summed E-state index contributed by atoms with van der Waals surface area (Å²) in [6.45, 7) is 7.28. The van der Waals surface area contributed by atoms with Gasteiger partial charge in [-0.3, -0.25) is 0 Å². The molecule has 2 atom stereocenters. The van der Waals surface area contributed by atoms with Crippen LogP contribution in [0.3, 0.4) is 0 Å². The standard InChI is InChI=1S/C18H32O/c1-4-17(9-5-6-10-17)19-18-11-7-8-15(13-18)12-16(2,3)14-18/h15H,4-14H2,1-3H3. The normalized spacial score (nSPS) is 40.3. The Morgan fingerprint density at radius 3 is 2.42 bits per heavy atom. The van der Waals surface area contributed by atoms with Crippen LogP contribution in [0.4, 0.5) is 0 Å². The number of rotatable bonds is 3. The van der Waals surface area contributed by atoms with Crippen LogP contribution in [0.1, 0.15) is 91.4 Å². The van der Waals surface area contributed by atoms with Crippen LogP contribution in [0, 0.1) is 11.3 Å². The fourth-order valence-corrected chi connectivity index (χ4v) is 5.64. The zero-order chi connectivity index (χ0) is 13.6. The maximum absolute atomic E-state index is 6.98. The zero-order valence-corrected chi connectivity index (χ0v) is 13.3. The smallest absolute Gasteiger partial charge is 0.0697 e. The Bertz CT molecular complexity index is 327. The minimum absolute atomic E-state index is 0.241.